The number of carbonyl (C=O) groups excluding carboxylic acids is 1. The zero-order valence-corrected chi connectivity index (χ0v) is 9.62. The van der Waals surface area contributed by atoms with Crippen LogP contribution in [0.2, 0.25) is 0 Å². The highest BCUT2D eigenvalue weighted by atomic mass is 16.3. The second kappa shape index (κ2) is 6.08. The minimum absolute atomic E-state index is 0.104. The summed E-state index contributed by atoms with van der Waals surface area (Å²) < 4.78 is 0. The van der Waals surface area contributed by atoms with Crippen molar-refractivity contribution in [3.8, 4) is 0 Å². The molecule has 1 rings (SSSR count). The molecular weight excluding hydrogens is 192 g/mol. The Hall–Kier alpha value is -0.610. The monoisotopic (exact) mass is 214 g/mol. The van der Waals surface area contributed by atoms with Crippen LogP contribution in [0.1, 0.15) is 20.3 Å². The summed E-state index contributed by atoms with van der Waals surface area (Å²) in [6.45, 7) is 6.80. The summed E-state index contributed by atoms with van der Waals surface area (Å²) >= 11 is 0. The molecule has 0 radical (unpaired) electrons. The molecule has 1 amide bonds. The van der Waals surface area contributed by atoms with E-state index in [0.29, 0.717) is 18.4 Å². The van der Waals surface area contributed by atoms with Gasteiger partial charge in [-0.3, -0.25) is 4.79 Å². The maximum absolute atomic E-state index is 11.7. The molecule has 0 bridgehead atoms. The van der Waals surface area contributed by atoms with Crippen molar-refractivity contribution >= 4 is 5.91 Å². The first kappa shape index (κ1) is 12.5. The summed E-state index contributed by atoms with van der Waals surface area (Å²) in [6, 6.07) is 0. The predicted molar refractivity (Wildman–Crippen MR) is 59.4 cm³/mol. The van der Waals surface area contributed by atoms with Crippen molar-refractivity contribution < 1.29 is 9.90 Å². The van der Waals surface area contributed by atoms with Gasteiger partial charge in [0.25, 0.3) is 0 Å². The lowest BCUT2D eigenvalue weighted by atomic mass is 9.88. The average molecular weight is 214 g/mol. The zero-order chi connectivity index (χ0) is 11.3. The number of rotatable bonds is 6. The first-order valence-electron chi connectivity index (χ1n) is 5.74. The Labute approximate surface area is 91.4 Å². The largest absolute Gasteiger partial charge is 0.396 e. The van der Waals surface area contributed by atoms with Crippen molar-refractivity contribution in [2.24, 2.45) is 17.8 Å². The van der Waals surface area contributed by atoms with Crippen LogP contribution in [0, 0.1) is 17.8 Å². The first-order valence-corrected chi connectivity index (χ1v) is 5.74. The molecule has 0 aromatic rings. The van der Waals surface area contributed by atoms with Crippen LogP contribution in [0.4, 0.5) is 0 Å². The zero-order valence-electron chi connectivity index (χ0n) is 9.62. The number of carbonyl (C=O) groups is 1. The van der Waals surface area contributed by atoms with Gasteiger partial charge in [0.1, 0.15) is 0 Å². The fourth-order valence-electron chi connectivity index (χ4n) is 1.64. The van der Waals surface area contributed by atoms with Gasteiger partial charge in [0, 0.05) is 19.1 Å². The van der Waals surface area contributed by atoms with Crippen LogP contribution in [0.3, 0.4) is 0 Å². The van der Waals surface area contributed by atoms with Gasteiger partial charge >= 0.3 is 0 Å². The summed E-state index contributed by atoms with van der Waals surface area (Å²) in [5.41, 5.74) is 0. The molecule has 0 aromatic carbocycles. The SMILES string of the molecule is CC(CCO)CNC(=O)C(C)C1CNC1. The standard InChI is InChI=1S/C11H22N2O2/c1-8(3-4-14)5-13-11(15)9(2)10-6-12-7-10/h8-10,12,14H,3-7H2,1-2H3,(H,13,15). The Kier molecular flexibility index (Phi) is 5.05. The molecular formula is C11H22N2O2. The van der Waals surface area contributed by atoms with E-state index < -0.39 is 0 Å². The van der Waals surface area contributed by atoms with Crippen LogP contribution in [0.15, 0.2) is 0 Å². The lowest BCUT2D eigenvalue weighted by Crippen LogP contribution is -2.50. The van der Waals surface area contributed by atoms with E-state index in [4.69, 9.17) is 5.11 Å². The summed E-state index contributed by atoms with van der Waals surface area (Å²) in [5, 5.41) is 14.8. The van der Waals surface area contributed by atoms with Crippen LogP contribution in [-0.4, -0.2) is 37.3 Å². The number of nitrogens with one attached hydrogen (secondary N) is 2. The lowest BCUT2D eigenvalue weighted by molar-refractivity contribution is -0.126. The van der Waals surface area contributed by atoms with E-state index >= 15 is 0 Å². The first-order chi connectivity index (χ1) is 7.15. The lowest BCUT2D eigenvalue weighted by Gasteiger charge is -2.31. The Balaban J connectivity index is 2.16. The smallest absolute Gasteiger partial charge is 0.223 e. The van der Waals surface area contributed by atoms with E-state index in [1.807, 2.05) is 13.8 Å². The summed E-state index contributed by atoms with van der Waals surface area (Å²) in [4.78, 5) is 11.7. The molecule has 1 saturated heterocycles. The van der Waals surface area contributed by atoms with Crippen molar-refractivity contribution in [3.05, 3.63) is 0 Å². The molecule has 4 nitrogen and oxygen atoms in total. The summed E-state index contributed by atoms with van der Waals surface area (Å²) in [5.74, 6) is 1.10. The van der Waals surface area contributed by atoms with Gasteiger partial charge in [0.15, 0.2) is 0 Å². The van der Waals surface area contributed by atoms with Gasteiger partial charge < -0.3 is 15.7 Å². The van der Waals surface area contributed by atoms with Gasteiger partial charge in [0.05, 0.1) is 0 Å². The molecule has 2 unspecified atom stereocenters. The molecule has 4 heteroatoms. The van der Waals surface area contributed by atoms with E-state index in [9.17, 15) is 4.79 Å². The maximum atomic E-state index is 11.7. The van der Waals surface area contributed by atoms with Gasteiger partial charge in [0.2, 0.25) is 5.91 Å². The van der Waals surface area contributed by atoms with Gasteiger partial charge in [-0.25, -0.2) is 0 Å². The fourth-order valence-corrected chi connectivity index (χ4v) is 1.64. The number of hydrogen-bond acceptors (Lipinski definition) is 3. The third-order valence-corrected chi connectivity index (χ3v) is 3.18. The third-order valence-electron chi connectivity index (χ3n) is 3.18. The predicted octanol–water partition coefficient (Wildman–Crippen LogP) is -0.0234. The van der Waals surface area contributed by atoms with Crippen molar-refractivity contribution in [1.82, 2.24) is 10.6 Å². The molecule has 1 aliphatic rings. The van der Waals surface area contributed by atoms with Crippen molar-refractivity contribution in [3.63, 3.8) is 0 Å². The van der Waals surface area contributed by atoms with Gasteiger partial charge in [-0.1, -0.05) is 13.8 Å². The van der Waals surface area contributed by atoms with Crippen molar-refractivity contribution in [1.29, 1.82) is 0 Å². The van der Waals surface area contributed by atoms with Crippen LogP contribution < -0.4 is 10.6 Å². The van der Waals surface area contributed by atoms with Crippen molar-refractivity contribution in [2.45, 2.75) is 20.3 Å². The minimum atomic E-state index is 0.104. The topological polar surface area (TPSA) is 61.4 Å². The summed E-state index contributed by atoms with van der Waals surface area (Å²) in [6.07, 6.45) is 0.750. The van der Waals surface area contributed by atoms with Crippen LogP contribution in [0.5, 0.6) is 0 Å². The Morgan fingerprint density at radius 2 is 2.20 bits per heavy atom. The van der Waals surface area contributed by atoms with Crippen LogP contribution >= 0.6 is 0 Å². The Morgan fingerprint density at radius 3 is 2.67 bits per heavy atom. The molecule has 15 heavy (non-hydrogen) atoms. The molecule has 3 N–H and O–H groups in total. The van der Waals surface area contributed by atoms with Gasteiger partial charge in [-0.15, -0.1) is 0 Å². The maximum Gasteiger partial charge on any atom is 0.223 e. The van der Waals surface area contributed by atoms with E-state index in [1.165, 1.54) is 0 Å². The normalized spacial score (nSPS) is 20.5. The minimum Gasteiger partial charge on any atom is -0.396 e. The van der Waals surface area contributed by atoms with E-state index in [0.717, 1.165) is 19.5 Å². The summed E-state index contributed by atoms with van der Waals surface area (Å²) in [7, 11) is 0. The number of aliphatic hydroxyl groups excluding tert-OH is 1. The number of hydrogen-bond donors (Lipinski definition) is 3. The second-order valence-electron chi connectivity index (χ2n) is 4.57. The van der Waals surface area contributed by atoms with E-state index in [2.05, 4.69) is 10.6 Å². The molecule has 1 aliphatic heterocycles. The average Bonchev–Trinajstić information content (AvgIpc) is 2.11. The highest BCUT2D eigenvalue weighted by Crippen LogP contribution is 2.15. The molecule has 0 saturated carbocycles. The van der Waals surface area contributed by atoms with Crippen LogP contribution in [0.25, 0.3) is 0 Å². The number of aliphatic hydroxyl groups is 1. The third kappa shape index (κ3) is 3.80. The number of amides is 1. The van der Waals surface area contributed by atoms with E-state index in [-0.39, 0.29) is 18.4 Å². The molecule has 0 spiro atoms. The quantitative estimate of drug-likeness (QED) is 0.582. The molecule has 0 aromatic heterocycles. The Morgan fingerprint density at radius 1 is 1.53 bits per heavy atom. The molecule has 88 valence electrons. The van der Waals surface area contributed by atoms with Gasteiger partial charge in [-0.05, 0) is 31.3 Å². The van der Waals surface area contributed by atoms with Crippen molar-refractivity contribution in [2.75, 3.05) is 26.2 Å². The molecule has 2 atom stereocenters. The second-order valence-corrected chi connectivity index (χ2v) is 4.57. The highest BCUT2D eigenvalue weighted by Gasteiger charge is 2.28. The van der Waals surface area contributed by atoms with E-state index in [1.54, 1.807) is 0 Å². The molecule has 1 fully saturated rings. The van der Waals surface area contributed by atoms with Gasteiger partial charge in [-0.2, -0.15) is 0 Å². The molecule has 1 heterocycles. The Bertz CT molecular complexity index is 205. The highest BCUT2D eigenvalue weighted by molar-refractivity contribution is 5.78. The van der Waals surface area contributed by atoms with Crippen LogP contribution in [-0.2, 0) is 4.79 Å². The molecule has 0 aliphatic carbocycles. The fraction of sp³-hybridized carbons (Fsp3) is 0.909.